The predicted molar refractivity (Wildman–Crippen MR) is 122 cm³/mol. The summed E-state index contributed by atoms with van der Waals surface area (Å²) in [5.41, 5.74) is 4.72. The van der Waals surface area contributed by atoms with E-state index in [1.165, 1.54) is 11.3 Å². The van der Waals surface area contributed by atoms with Gasteiger partial charge < -0.3 is 9.30 Å². The molecule has 1 aliphatic heterocycles. The van der Waals surface area contributed by atoms with Gasteiger partial charge in [-0.05, 0) is 41.5 Å². The van der Waals surface area contributed by atoms with Crippen LogP contribution in [0, 0.1) is 0 Å². The number of benzene rings is 3. The molecule has 0 fully saturated rings. The summed E-state index contributed by atoms with van der Waals surface area (Å²) in [5, 5.41) is 1.13. The Balaban J connectivity index is 1.53. The van der Waals surface area contributed by atoms with Crippen LogP contribution in [0.4, 0.5) is 0 Å². The third-order valence-corrected chi connectivity index (χ3v) is 7.87. The molecule has 0 spiro atoms. The molecule has 31 heavy (non-hydrogen) atoms. The van der Waals surface area contributed by atoms with Gasteiger partial charge in [0.2, 0.25) is 10.0 Å². The summed E-state index contributed by atoms with van der Waals surface area (Å²) in [7, 11) is -2.01. The van der Waals surface area contributed by atoms with E-state index in [0.29, 0.717) is 30.2 Å². The molecule has 1 aliphatic rings. The lowest BCUT2D eigenvalue weighted by Crippen LogP contribution is -2.36. The molecular formula is C25H24N2O3S. The molecule has 4 aromatic rings. The molecule has 158 valence electrons. The summed E-state index contributed by atoms with van der Waals surface area (Å²) in [6, 6.07) is 25.3. The van der Waals surface area contributed by atoms with Crippen molar-refractivity contribution >= 4 is 20.9 Å². The maximum atomic E-state index is 13.3. The summed E-state index contributed by atoms with van der Waals surface area (Å²) >= 11 is 0. The van der Waals surface area contributed by atoms with Gasteiger partial charge in [-0.3, -0.25) is 0 Å². The number of hydrogen-bond donors (Lipinski definition) is 0. The van der Waals surface area contributed by atoms with Crippen LogP contribution in [0.5, 0.6) is 5.75 Å². The fourth-order valence-corrected chi connectivity index (χ4v) is 5.83. The largest absolute Gasteiger partial charge is 0.497 e. The molecule has 5 nitrogen and oxygen atoms in total. The van der Waals surface area contributed by atoms with Gasteiger partial charge in [-0.2, -0.15) is 4.31 Å². The zero-order chi connectivity index (χ0) is 21.4. The maximum Gasteiger partial charge on any atom is 0.243 e. The molecule has 0 unspecified atom stereocenters. The smallest absolute Gasteiger partial charge is 0.243 e. The molecule has 3 aromatic carbocycles. The molecule has 1 aromatic heterocycles. The number of para-hydroxylation sites is 1. The van der Waals surface area contributed by atoms with Crippen molar-refractivity contribution in [1.82, 2.24) is 8.87 Å². The number of aromatic nitrogens is 1. The Bertz CT molecular complexity index is 1330. The highest BCUT2D eigenvalue weighted by atomic mass is 32.2. The van der Waals surface area contributed by atoms with Crippen molar-refractivity contribution in [2.24, 2.45) is 0 Å². The van der Waals surface area contributed by atoms with Crippen LogP contribution in [-0.2, 0) is 29.5 Å². The molecule has 0 amide bonds. The summed E-state index contributed by atoms with van der Waals surface area (Å²) in [6.45, 7) is 1.63. The Kier molecular flexibility index (Phi) is 5.04. The molecule has 6 heteroatoms. The molecule has 0 aliphatic carbocycles. The molecule has 0 saturated carbocycles. The first-order valence-corrected chi connectivity index (χ1v) is 11.8. The molecule has 0 bridgehead atoms. The Hall–Kier alpha value is -3.09. The zero-order valence-electron chi connectivity index (χ0n) is 17.4. The molecule has 0 N–H and O–H groups in total. The van der Waals surface area contributed by atoms with Crippen LogP contribution in [0.2, 0.25) is 0 Å². The molecule has 0 radical (unpaired) electrons. The quantitative estimate of drug-likeness (QED) is 0.468. The Morgan fingerprint density at radius 3 is 2.35 bits per heavy atom. The first-order valence-electron chi connectivity index (χ1n) is 10.3. The predicted octanol–water partition coefficient (Wildman–Crippen LogP) is 4.45. The van der Waals surface area contributed by atoms with Gasteiger partial charge >= 0.3 is 0 Å². The minimum atomic E-state index is -3.58. The Morgan fingerprint density at radius 1 is 0.903 bits per heavy atom. The van der Waals surface area contributed by atoms with E-state index in [2.05, 4.69) is 41.0 Å². The van der Waals surface area contributed by atoms with Crippen LogP contribution in [0.25, 0.3) is 10.9 Å². The van der Waals surface area contributed by atoms with Gasteiger partial charge in [0.15, 0.2) is 0 Å². The van der Waals surface area contributed by atoms with E-state index >= 15 is 0 Å². The third-order valence-electron chi connectivity index (χ3n) is 6.01. The molecule has 5 rings (SSSR count). The highest BCUT2D eigenvalue weighted by molar-refractivity contribution is 7.89. The van der Waals surface area contributed by atoms with Crippen molar-refractivity contribution in [2.75, 3.05) is 13.7 Å². The van der Waals surface area contributed by atoms with Gasteiger partial charge in [-0.25, -0.2) is 8.42 Å². The van der Waals surface area contributed by atoms with Crippen LogP contribution < -0.4 is 4.74 Å². The lowest BCUT2D eigenvalue weighted by atomic mass is 10.1. The standard InChI is InChI=1S/C25H24N2O3S/c1-30-20-11-13-21(14-12-20)31(28,29)26-16-15-25-23(18-26)22-9-5-6-10-24(22)27(25)17-19-7-3-2-4-8-19/h2-14H,15-18H2,1H3. The topological polar surface area (TPSA) is 51.5 Å². The average Bonchev–Trinajstić information content (AvgIpc) is 3.13. The van der Waals surface area contributed by atoms with E-state index in [1.54, 1.807) is 35.7 Å². The zero-order valence-corrected chi connectivity index (χ0v) is 18.2. The second kappa shape index (κ2) is 7.87. The van der Waals surface area contributed by atoms with E-state index in [0.717, 1.165) is 23.0 Å². The number of methoxy groups -OCH3 is 1. The lowest BCUT2D eigenvalue weighted by Gasteiger charge is -2.27. The minimum Gasteiger partial charge on any atom is -0.497 e. The van der Waals surface area contributed by atoms with Crippen LogP contribution in [0.3, 0.4) is 0 Å². The monoisotopic (exact) mass is 432 g/mol. The molecule has 0 saturated heterocycles. The van der Waals surface area contributed by atoms with Crippen molar-refractivity contribution in [3.05, 3.63) is 95.7 Å². The van der Waals surface area contributed by atoms with Crippen molar-refractivity contribution in [2.45, 2.75) is 24.4 Å². The molecule has 2 heterocycles. The normalized spacial score (nSPS) is 14.5. The van der Waals surface area contributed by atoms with E-state index in [-0.39, 0.29) is 0 Å². The van der Waals surface area contributed by atoms with Gasteiger partial charge in [-0.15, -0.1) is 0 Å². The number of ether oxygens (including phenoxy) is 1. The van der Waals surface area contributed by atoms with E-state index in [4.69, 9.17) is 4.74 Å². The molecule has 0 atom stereocenters. The fourth-order valence-electron chi connectivity index (χ4n) is 4.42. The van der Waals surface area contributed by atoms with Crippen molar-refractivity contribution < 1.29 is 13.2 Å². The molecular weight excluding hydrogens is 408 g/mol. The van der Waals surface area contributed by atoms with Crippen molar-refractivity contribution in [3.63, 3.8) is 0 Å². The van der Waals surface area contributed by atoms with Crippen LogP contribution in [0.15, 0.2) is 83.8 Å². The average molecular weight is 433 g/mol. The first kappa shape index (κ1) is 19.8. The number of sulfonamides is 1. The summed E-state index contributed by atoms with van der Waals surface area (Å²) < 4.78 is 35.7. The Morgan fingerprint density at radius 2 is 1.61 bits per heavy atom. The van der Waals surface area contributed by atoms with Crippen molar-refractivity contribution in [3.8, 4) is 5.75 Å². The van der Waals surface area contributed by atoms with Crippen molar-refractivity contribution in [1.29, 1.82) is 0 Å². The number of rotatable bonds is 5. The van der Waals surface area contributed by atoms with E-state index < -0.39 is 10.0 Å². The first-order chi connectivity index (χ1) is 15.1. The summed E-state index contributed by atoms with van der Waals surface area (Å²) in [4.78, 5) is 0.296. The Labute approximate surface area is 182 Å². The SMILES string of the molecule is COc1ccc(S(=O)(=O)N2CCc3c(c4ccccc4n3Cc3ccccc3)C2)cc1. The minimum absolute atomic E-state index is 0.296. The fraction of sp³-hybridized carbons (Fsp3) is 0.200. The lowest BCUT2D eigenvalue weighted by molar-refractivity contribution is 0.386. The van der Waals surface area contributed by atoms with Gasteiger partial charge in [0.25, 0.3) is 0 Å². The van der Waals surface area contributed by atoms with Gasteiger partial charge in [-0.1, -0.05) is 48.5 Å². The van der Waals surface area contributed by atoms with E-state index in [1.807, 2.05) is 18.2 Å². The van der Waals surface area contributed by atoms with Gasteiger partial charge in [0.05, 0.1) is 12.0 Å². The second-order valence-electron chi connectivity index (χ2n) is 7.78. The second-order valence-corrected chi connectivity index (χ2v) is 9.72. The highest BCUT2D eigenvalue weighted by Gasteiger charge is 2.31. The number of fused-ring (bicyclic) bond motifs is 3. The number of hydrogen-bond acceptors (Lipinski definition) is 3. The van der Waals surface area contributed by atoms with Gasteiger partial charge in [0, 0.05) is 42.7 Å². The third kappa shape index (κ3) is 3.52. The highest BCUT2D eigenvalue weighted by Crippen LogP contribution is 2.34. The van der Waals surface area contributed by atoms with E-state index in [9.17, 15) is 8.42 Å². The maximum absolute atomic E-state index is 13.3. The van der Waals surface area contributed by atoms with Crippen LogP contribution in [-0.4, -0.2) is 30.9 Å². The van der Waals surface area contributed by atoms with Gasteiger partial charge in [0.1, 0.15) is 5.75 Å². The van der Waals surface area contributed by atoms with Crippen LogP contribution >= 0.6 is 0 Å². The number of nitrogens with zero attached hydrogens (tertiary/aromatic N) is 2. The summed E-state index contributed by atoms with van der Waals surface area (Å²) in [6.07, 6.45) is 0.687. The summed E-state index contributed by atoms with van der Waals surface area (Å²) in [5.74, 6) is 0.642. The van der Waals surface area contributed by atoms with Crippen LogP contribution in [0.1, 0.15) is 16.8 Å².